The van der Waals surface area contributed by atoms with Gasteiger partial charge in [-0.25, -0.2) is 0 Å². The SMILES string of the molecule is CN=C(NCC1CCN(C)C1)NCC(C)(C)N1CCOCC1.I. The van der Waals surface area contributed by atoms with Crippen molar-refractivity contribution in [2.45, 2.75) is 25.8 Å². The number of hydrogen-bond acceptors (Lipinski definition) is 4. The Bertz CT molecular complexity index is 371. The maximum Gasteiger partial charge on any atom is 0.191 e. The zero-order valence-electron chi connectivity index (χ0n) is 15.1. The third-order valence-electron chi connectivity index (χ3n) is 4.83. The lowest BCUT2D eigenvalue weighted by Gasteiger charge is -2.41. The maximum absolute atomic E-state index is 5.44. The minimum absolute atomic E-state index is 0. The predicted molar refractivity (Wildman–Crippen MR) is 107 cm³/mol. The molecule has 0 aliphatic carbocycles. The van der Waals surface area contributed by atoms with Crippen LogP contribution >= 0.6 is 24.0 Å². The number of nitrogens with one attached hydrogen (secondary N) is 2. The number of morpholine rings is 1. The summed E-state index contributed by atoms with van der Waals surface area (Å²) in [5.74, 6) is 1.65. The summed E-state index contributed by atoms with van der Waals surface area (Å²) in [6.07, 6.45) is 1.28. The molecule has 2 N–H and O–H groups in total. The van der Waals surface area contributed by atoms with Crippen molar-refractivity contribution >= 4 is 29.9 Å². The van der Waals surface area contributed by atoms with Crippen LogP contribution in [0, 0.1) is 5.92 Å². The van der Waals surface area contributed by atoms with E-state index < -0.39 is 0 Å². The number of guanidine groups is 1. The molecule has 1 atom stereocenters. The molecule has 2 fully saturated rings. The van der Waals surface area contributed by atoms with Gasteiger partial charge in [0.1, 0.15) is 0 Å². The van der Waals surface area contributed by atoms with Crippen LogP contribution in [-0.4, -0.2) is 87.9 Å². The molecule has 0 aromatic carbocycles. The summed E-state index contributed by atoms with van der Waals surface area (Å²) in [6, 6.07) is 0. The average molecular weight is 439 g/mol. The number of ether oxygens (including phenoxy) is 1. The number of aliphatic imine (C=N–C) groups is 1. The van der Waals surface area contributed by atoms with Gasteiger partial charge in [0.2, 0.25) is 0 Å². The van der Waals surface area contributed by atoms with Crippen LogP contribution in [0.5, 0.6) is 0 Å². The Balaban J connectivity index is 0.00000264. The molecule has 0 bridgehead atoms. The van der Waals surface area contributed by atoms with Crippen molar-refractivity contribution in [2.75, 3.05) is 66.6 Å². The highest BCUT2D eigenvalue weighted by Gasteiger charge is 2.28. The molecule has 2 aliphatic rings. The number of rotatable bonds is 5. The smallest absolute Gasteiger partial charge is 0.191 e. The molecule has 136 valence electrons. The van der Waals surface area contributed by atoms with Gasteiger partial charge in [-0.05, 0) is 39.8 Å². The van der Waals surface area contributed by atoms with Crippen molar-refractivity contribution in [3.05, 3.63) is 0 Å². The number of nitrogens with zero attached hydrogens (tertiary/aromatic N) is 3. The molecule has 0 amide bonds. The van der Waals surface area contributed by atoms with Crippen LogP contribution in [0.4, 0.5) is 0 Å². The summed E-state index contributed by atoms with van der Waals surface area (Å²) < 4.78 is 5.44. The summed E-state index contributed by atoms with van der Waals surface area (Å²) in [7, 11) is 4.04. The lowest BCUT2D eigenvalue weighted by Crippen LogP contribution is -2.56. The summed E-state index contributed by atoms with van der Waals surface area (Å²) >= 11 is 0. The van der Waals surface area contributed by atoms with Crippen LogP contribution in [-0.2, 0) is 4.74 Å². The molecule has 23 heavy (non-hydrogen) atoms. The molecule has 2 aliphatic heterocycles. The van der Waals surface area contributed by atoms with E-state index in [-0.39, 0.29) is 29.5 Å². The highest BCUT2D eigenvalue weighted by molar-refractivity contribution is 14.0. The maximum atomic E-state index is 5.44. The topological polar surface area (TPSA) is 52.1 Å². The first-order chi connectivity index (χ1) is 10.5. The zero-order valence-corrected chi connectivity index (χ0v) is 17.4. The van der Waals surface area contributed by atoms with Gasteiger partial charge in [-0.2, -0.15) is 0 Å². The molecule has 6 nitrogen and oxygen atoms in total. The second-order valence-electron chi connectivity index (χ2n) is 7.14. The third kappa shape index (κ3) is 6.72. The molecule has 2 heterocycles. The lowest BCUT2D eigenvalue weighted by atomic mass is 10.0. The van der Waals surface area contributed by atoms with E-state index in [4.69, 9.17) is 4.74 Å². The molecular formula is C16H34IN5O. The standard InChI is InChI=1S/C16H33N5O.HI/c1-16(2,21-7-9-22-10-8-21)13-19-15(17-3)18-11-14-5-6-20(4)12-14;/h14H,5-13H2,1-4H3,(H2,17,18,19);1H. The molecule has 2 rings (SSSR count). The first kappa shape index (κ1) is 20.9. The highest BCUT2D eigenvalue weighted by Crippen LogP contribution is 2.15. The first-order valence-corrected chi connectivity index (χ1v) is 8.47. The van der Waals surface area contributed by atoms with Crippen LogP contribution in [0.1, 0.15) is 20.3 Å². The van der Waals surface area contributed by atoms with Crippen LogP contribution in [0.25, 0.3) is 0 Å². The normalized spacial score (nSPS) is 24.3. The first-order valence-electron chi connectivity index (χ1n) is 8.47. The van der Waals surface area contributed by atoms with Gasteiger partial charge in [0.25, 0.3) is 0 Å². The van der Waals surface area contributed by atoms with Crippen molar-refractivity contribution < 1.29 is 4.74 Å². The van der Waals surface area contributed by atoms with Crippen molar-refractivity contribution in [2.24, 2.45) is 10.9 Å². The van der Waals surface area contributed by atoms with Gasteiger partial charge in [0.15, 0.2) is 5.96 Å². The Hall–Kier alpha value is -0.120. The third-order valence-corrected chi connectivity index (χ3v) is 4.83. The summed E-state index contributed by atoms with van der Waals surface area (Å²) in [5, 5.41) is 6.96. The van der Waals surface area contributed by atoms with E-state index >= 15 is 0 Å². The van der Waals surface area contributed by atoms with Crippen LogP contribution < -0.4 is 10.6 Å². The Kier molecular flexibility index (Phi) is 9.10. The Labute approximate surface area is 158 Å². The number of likely N-dealkylation sites (tertiary alicyclic amines) is 1. The van der Waals surface area contributed by atoms with E-state index in [0.29, 0.717) is 0 Å². The van der Waals surface area contributed by atoms with Gasteiger partial charge in [-0.3, -0.25) is 9.89 Å². The average Bonchev–Trinajstić information content (AvgIpc) is 2.94. The minimum Gasteiger partial charge on any atom is -0.379 e. The van der Waals surface area contributed by atoms with Crippen molar-refractivity contribution in [3.8, 4) is 0 Å². The fourth-order valence-electron chi connectivity index (χ4n) is 3.24. The van der Waals surface area contributed by atoms with Crippen molar-refractivity contribution in [1.82, 2.24) is 20.4 Å². The Morgan fingerprint density at radius 1 is 1.22 bits per heavy atom. The molecule has 0 radical (unpaired) electrons. The van der Waals surface area contributed by atoms with Gasteiger partial charge in [-0.15, -0.1) is 24.0 Å². The van der Waals surface area contributed by atoms with E-state index in [1.807, 2.05) is 7.05 Å². The van der Waals surface area contributed by atoms with Gasteiger partial charge < -0.3 is 20.3 Å². The van der Waals surface area contributed by atoms with E-state index in [1.54, 1.807) is 0 Å². The second-order valence-corrected chi connectivity index (χ2v) is 7.14. The van der Waals surface area contributed by atoms with E-state index in [9.17, 15) is 0 Å². The molecule has 1 unspecified atom stereocenters. The molecule has 0 aromatic rings. The Morgan fingerprint density at radius 3 is 2.48 bits per heavy atom. The van der Waals surface area contributed by atoms with Crippen LogP contribution in [0.3, 0.4) is 0 Å². The molecule has 0 spiro atoms. The fourth-order valence-corrected chi connectivity index (χ4v) is 3.24. The van der Waals surface area contributed by atoms with E-state index in [0.717, 1.165) is 51.3 Å². The largest absolute Gasteiger partial charge is 0.379 e. The zero-order chi connectivity index (χ0) is 16.0. The van der Waals surface area contributed by atoms with Crippen LogP contribution in [0.15, 0.2) is 4.99 Å². The fraction of sp³-hybridized carbons (Fsp3) is 0.938. The second kappa shape index (κ2) is 10.0. The van der Waals surface area contributed by atoms with E-state index in [1.165, 1.54) is 19.5 Å². The van der Waals surface area contributed by atoms with Gasteiger partial charge in [0.05, 0.1) is 13.2 Å². The summed E-state index contributed by atoms with van der Waals surface area (Å²) in [6.45, 7) is 12.5. The lowest BCUT2D eigenvalue weighted by molar-refractivity contribution is -0.00834. The number of halogens is 1. The van der Waals surface area contributed by atoms with Gasteiger partial charge in [-0.1, -0.05) is 0 Å². The van der Waals surface area contributed by atoms with Crippen molar-refractivity contribution in [3.63, 3.8) is 0 Å². The summed E-state index contributed by atoms with van der Waals surface area (Å²) in [5.41, 5.74) is 0.106. The van der Waals surface area contributed by atoms with Gasteiger partial charge in [0, 0.05) is 45.3 Å². The predicted octanol–water partition coefficient (Wildman–Crippen LogP) is 0.832. The monoisotopic (exact) mass is 439 g/mol. The molecular weight excluding hydrogens is 405 g/mol. The highest BCUT2D eigenvalue weighted by atomic mass is 127. The van der Waals surface area contributed by atoms with Crippen LogP contribution in [0.2, 0.25) is 0 Å². The molecule has 0 aromatic heterocycles. The van der Waals surface area contributed by atoms with Crippen molar-refractivity contribution in [1.29, 1.82) is 0 Å². The summed E-state index contributed by atoms with van der Waals surface area (Å²) in [4.78, 5) is 9.24. The molecule has 2 saturated heterocycles. The minimum atomic E-state index is 0. The van der Waals surface area contributed by atoms with Gasteiger partial charge >= 0.3 is 0 Å². The number of hydrogen-bond donors (Lipinski definition) is 2. The molecule has 0 saturated carbocycles. The van der Waals surface area contributed by atoms with E-state index in [2.05, 4.69) is 46.3 Å². The molecule has 7 heteroatoms. The quantitative estimate of drug-likeness (QED) is 0.378. The Morgan fingerprint density at radius 2 is 1.91 bits per heavy atom.